The van der Waals surface area contributed by atoms with E-state index in [1.165, 1.54) is 18.5 Å². The second-order valence-corrected chi connectivity index (χ2v) is 9.06. The number of benzene rings is 3. The van der Waals surface area contributed by atoms with Gasteiger partial charge in [-0.3, -0.25) is 0 Å². The molecule has 0 bridgehead atoms. The molecule has 1 aromatic heterocycles. The zero-order chi connectivity index (χ0) is 29.6. The number of phenols is 1. The van der Waals surface area contributed by atoms with E-state index in [4.69, 9.17) is 35.7 Å². The van der Waals surface area contributed by atoms with Gasteiger partial charge in [0, 0.05) is 24.2 Å². The molecule has 14 heteroatoms. The van der Waals surface area contributed by atoms with Crippen molar-refractivity contribution in [2.75, 3.05) is 18.5 Å². The van der Waals surface area contributed by atoms with E-state index in [0.717, 1.165) is 6.42 Å². The van der Waals surface area contributed by atoms with Crippen LogP contribution in [0.3, 0.4) is 0 Å². The number of anilines is 2. The lowest BCUT2D eigenvalue weighted by Crippen LogP contribution is -2.21. The molecule has 41 heavy (non-hydrogen) atoms. The van der Waals surface area contributed by atoms with E-state index in [0.29, 0.717) is 57.7 Å². The first-order chi connectivity index (χ1) is 19.5. The van der Waals surface area contributed by atoms with Crippen LogP contribution in [0, 0.1) is 5.82 Å². The quantitative estimate of drug-likeness (QED) is 0.213. The van der Waals surface area contributed by atoms with Crippen molar-refractivity contribution in [2.45, 2.75) is 25.3 Å². The number of carboxylic acid groups (broad SMARTS) is 1. The van der Waals surface area contributed by atoms with E-state index in [1.54, 1.807) is 42.5 Å². The highest BCUT2D eigenvalue weighted by molar-refractivity contribution is 6.32. The van der Waals surface area contributed by atoms with Crippen molar-refractivity contribution < 1.29 is 46.8 Å². The molecule has 3 N–H and O–H groups in total. The van der Waals surface area contributed by atoms with Gasteiger partial charge in [0.05, 0.1) is 29.1 Å². The van der Waals surface area contributed by atoms with Gasteiger partial charge in [0.1, 0.15) is 47.9 Å². The Balaban J connectivity index is 0.000000493. The molecule has 216 valence electrons. The number of nitrogens with zero attached hydrogens (tertiary/aromatic N) is 2. The van der Waals surface area contributed by atoms with Crippen LogP contribution in [-0.2, 0) is 16.1 Å². The Bertz CT molecular complexity index is 1530. The highest BCUT2D eigenvalue weighted by Gasteiger charge is 2.38. The van der Waals surface area contributed by atoms with Crippen molar-refractivity contribution >= 4 is 40.0 Å². The molecule has 5 rings (SSSR count). The van der Waals surface area contributed by atoms with Gasteiger partial charge in [-0.25, -0.2) is 19.2 Å². The number of halogens is 5. The number of ether oxygens (including phenoxy) is 3. The molecule has 0 saturated carbocycles. The van der Waals surface area contributed by atoms with E-state index in [2.05, 4.69) is 15.3 Å². The second kappa shape index (κ2) is 12.9. The Morgan fingerprint density at radius 2 is 1.90 bits per heavy atom. The highest BCUT2D eigenvalue weighted by Crippen LogP contribution is 2.37. The molecule has 1 fully saturated rings. The molecular formula is C27H22ClF4N3O6. The third-order valence-corrected chi connectivity index (χ3v) is 5.88. The first-order valence-corrected chi connectivity index (χ1v) is 12.3. The summed E-state index contributed by atoms with van der Waals surface area (Å²) in [4.78, 5) is 17.5. The molecule has 0 amide bonds. The van der Waals surface area contributed by atoms with Crippen LogP contribution in [0.4, 0.5) is 29.1 Å². The molecule has 1 aliphatic heterocycles. The van der Waals surface area contributed by atoms with Gasteiger partial charge in [0.25, 0.3) is 0 Å². The minimum Gasteiger partial charge on any atom is -0.508 e. The second-order valence-electron chi connectivity index (χ2n) is 8.66. The highest BCUT2D eigenvalue weighted by atomic mass is 35.5. The number of carbonyl (C=O) groups is 1. The van der Waals surface area contributed by atoms with E-state index < -0.39 is 12.1 Å². The number of nitrogens with one attached hydrogen (secondary N) is 1. The van der Waals surface area contributed by atoms with Crippen LogP contribution in [0.2, 0.25) is 5.02 Å². The van der Waals surface area contributed by atoms with Crippen LogP contribution in [0.25, 0.3) is 10.9 Å². The number of hydrogen-bond acceptors (Lipinski definition) is 8. The van der Waals surface area contributed by atoms with Gasteiger partial charge >= 0.3 is 12.1 Å². The summed E-state index contributed by atoms with van der Waals surface area (Å²) in [6, 6.07) is 14.5. The summed E-state index contributed by atoms with van der Waals surface area (Å²) in [6.07, 6.45) is -3.02. The van der Waals surface area contributed by atoms with E-state index in [-0.39, 0.29) is 24.3 Å². The third kappa shape index (κ3) is 8.08. The number of aromatic nitrogens is 2. The van der Waals surface area contributed by atoms with Crippen molar-refractivity contribution in [3.05, 3.63) is 77.3 Å². The molecule has 3 aromatic carbocycles. The smallest absolute Gasteiger partial charge is 0.490 e. The molecule has 0 aliphatic carbocycles. The van der Waals surface area contributed by atoms with E-state index in [9.17, 15) is 22.7 Å². The maximum atomic E-state index is 13.4. The Labute approximate surface area is 235 Å². The number of alkyl halides is 3. The Morgan fingerprint density at radius 1 is 1.12 bits per heavy atom. The first-order valence-electron chi connectivity index (χ1n) is 12.0. The maximum Gasteiger partial charge on any atom is 0.490 e. The minimum absolute atomic E-state index is 0.0499. The van der Waals surface area contributed by atoms with Gasteiger partial charge in [-0.05, 0) is 35.9 Å². The van der Waals surface area contributed by atoms with Gasteiger partial charge < -0.3 is 29.7 Å². The number of hydrogen-bond donors (Lipinski definition) is 3. The van der Waals surface area contributed by atoms with Gasteiger partial charge in [-0.1, -0.05) is 23.7 Å². The van der Waals surface area contributed by atoms with Crippen molar-refractivity contribution in [2.24, 2.45) is 0 Å². The zero-order valence-electron chi connectivity index (χ0n) is 21.0. The predicted molar refractivity (Wildman–Crippen MR) is 140 cm³/mol. The summed E-state index contributed by atoms with van der Waals surface area (Å²) in [5, 5.41) is 21.5. The molecule has 1 saturated heterocycles. The van der Waals surface area contributed by atoms with Crippen LogP contribution < -0.4 is 14.8 Å². The zero-order valence-corrected chi connectivity index (χ0v) is 21.7. The molecule has 1 unspecified atom stereocenters. The fourth-order valence-corrected chi connectivity index (χ4v) is 3.97. The fourth-order valence-electron chi connectivity index (χ4n) is 3.73. The lowest BCUT2D eigenvalue weighted by atomic mass is 10.2. The molecule has 1 atom stereocenters. The molecule has 4 aromatic rings. The molecule has 2 heterocycles. The minimum atomic E-state index is -5.08. The lowest BCUT2D eigenvalue weighted by molar-refractivity contribution is -0.192. The first kappa shape index (κ1) is 29.6. The van der Waals surface area contributed by atoms with E-state index >= 15 is 0 Å². The summed E-state index contributed by atoms with van der Waals surface area (Å²) in [5.74, 6) is -1.58. The van der Waals surface area contributed by atoms with Crippen LogP contribution in [-0.4, -0.2) is 51.6 Å². The van der Waals surface area contributed by atoms with Crippen LogP contribution >= 0.6 is 11.6 Å². The van der Waals surface area contributed by atoms with Crippen LogP contribution in [0.5, 0.6) is 17.2 Å². The standard InChI is InChI=1S/C25H21ClFN3O4.C2HF3O2/c26-20-9-17(4-5-22(20)33-12-15-2-1-3-16(27)8-15)30-25-24-21(28-14-29-25)10-18(31)11-23(24)34-19-6-7-32-13-19;3-2(4,5)1(6)7/h1-5,8-11,14,19,31H,6-7,12-13H2,(H,28,29,30);(H,6,7). The van der Waals surface area contributed by atoms with Crippen molar-refractivity contribution in [1.29, 1.82) is 0 Å². The summed E-state index contributed by atoms with van der Waals surface area (Å²) in [6.45, 7) is 1.31. The van der Waals surface area contributed by atoms with Gasteiger partial charge in [0.2, 0.25) is 0 Å². The number of aliphatic carboxylic acids is 1. The van der Waals surface area contributed by atoms with Crippen LogP contribution in [0.15, 0.2) is 60.9 Å². The predicted octanol–water partition coefficient (Wildman–Crippen LogP) is 6.25. The molecule has 9 nitrogen and oxygen atoms in total. The third-order valence-electron chi connectivity index (χ3n) is 5.59. The molecule has 0 radical (unpaired) electrons. The number of rotatable bonds is 7. The monoisotopic (exact) mass is 595 g/mol. The summed E-state index contributed by atoms with van der Waals surface area (Å²) in [7, 11) is 0. The van der Waals surface area contributed by atoms with Crippen molar-refractivity contribution in [3.8, 4) is 17.2 Å². The number of phenolic OH excluding ortho intramolecular Hbond substituents is 1. The largest absolute Gasteiger partial charge is 0.508 e. The Morgan fingerprint density at radius 3 is 2.56 bits per heavy atom. The topological polar surface area (TPSA) is 123 Å². The average Bonchev–Trinajstić information content (AvgIpc) is 3.41. The molecule has 1 aliphatic rings. The Hall–Kier alpha value is -4.36. The van der Waals surface area contributed by atoms with Gasteiger partial charge in [0.15, 0.2) is 0 Å². The summed E-state index contributed by atoms with van der Waals surface area (Å²) < 4.78 is 62.4. The maximum absolute atomic E-state index is 13.4. The lowest BCUT2D eigenvalue weighted by Gasteiger charge is -2.17. The number of carboxylic acids is 1. The van der Waals surface area contributed by atoms with Gasteiger partial charge in [-0.15, -0.1) is 0 Å². The van der Waals surface area contributed by atoms with Crippen molar-refractivity contribution in [1.82, 2.24) is 9.97 Å². The summed E-state index contributed by atoms with van der Waals surface area (Å²) >= 11 is 6.43. The van der Waals surface area contributed by atoms with Crippen molar-refractivity contribution in [3.63, 3.8) is 0 Å². The van der Waals surface area contributed by atoms with E-state index in [1.807, 2.05) is 0 Å². The SMILES string of the molecule is O=C(O)C(F)(F)F.Oc1cc(OC2CCOC2)c2c(Nc3ccc(OCc4cccc(F)c4)c(Cl)c3)ncnc2c1. The van der Waals surface area contributed by atoms with Gasteiger partial charge in [-0.2, -0.15) is 13.2 Å². The Kier molecular flexibility index (Phi) is 9.30. The van der Waals surface area contributed by atoms with Crippen LogP contribution in [0.1, 0.15) is 12.0 Å². The number of fused-ring (bicyclic) bond motifs is 1. The average molecular weight is 596 g/mol. The normalized spacial score (nSPS) is 14.7. The number of aromatic hydroxyl groups is 1. The summed E-state index contributed by atoms with van der Waals surface area (Å²) in [5.41, 5.74) is 1.91. The molecular weight excluding hydrogens is 574 g/mol. The fraction of sp³-hybridized carbons (Fsp3) is 0.222. The molecule has 0 spiro atoms.